The zero-order valence-electron chi connectivity index (χ0n) is 12.1. The van der Waals surface area contributed by atoms with Crippen LogP contribution in [0.25, 0.3) is 0 Å². The number of piperazine rings is 1. The van der Waals surface area contributed by atoms with E-state index < -0.39 is 12.0 Å². The molecule has 1 saturated carbocycles. The number of carbonyl (C=O) groups is 1. The van der Waals surface area contributed by atoms with Crippen LogP contribution in [0.5, 0.6) is 0 Å². The minimum absolute atomic E-state index is 0. The number of nitrogens with two attached hydrogens (primary N) is 1. The minimum atomic E-state index is -2.30. The van der Waals surface area contributed by atoms with Gasteiger partial charge in [-0.15, -0.1) is 24.8 Å². The topological polar surface area (TPSA) is 49.6 Å². The fraction of sp³-hybridized carbons (Fsp3) is 0.923. The predicted molar refractivity (Wildman–Crippen MR) is 83.5 cm³/mol. The molecule has 0 spiro atoms. The summed E-state index contributed by atoms with van der Waals surface area (Å²) in [6.07, 6.45) is 2.36. The molecule has 0 aromatic heterocycles. The Hall–Kier alpha value is -0.170. The van der Waals surface area contributed by atoms with E-state index in [2.05, 4.69) is 0 Å². The van der Waals surface area contributed by atoms with E-state index in [-0.39, 0.29) is 37.3 Å². The maximum atomic E-state index is 12.4. The van der Waals surface area contributed by atoms with Gasteiger partial charge in [0.05, 0.1) is 12.1 Å². The lowest BCUT2D eigenvalue weighted by molar-refractivity contribution is -0.140. The molecule has 2 rings (SSSR count). The molecule has 2 aliphatic rings. The molecule has 0 radical (unpaired) electrons. The maximum Gasteiger partial charge on any atom is 0.251 e. The Morgan fingerprint density at radius 2 is 1.57 bits per heavy atom. The number of carbonyl (C=O) groups excluding carboxylic acids is 1. The van der Waals surface area contributed by atoms with Crippen LogP contribution in [0.2, 0.25) is 0 Å². The highest BCUT2D eigenvalue weighted by atomic mass is 35.5. The second-order valence-corrected chi connectivity index (χ2v) is 5.70. The van der Waals surface area contributed by atoms with E-state index in [1.807, 2.05) is 0 Å². The maximum absolute atomic E-state index is 12.4. The lowest BCUT2D eigenvalue weighted by atomic mass is 9.81. The Bertz CT molecular complexity index is 321. The number of alkyl halides is 2. The first-order valence-electron chi connectivity index (χ1n) is 7.10. The molecule has 126 valence electrons. The highest BCUT2D eigenvalue weighted by Crippen LogP contribution is 2.28. The first-order chi connectivity index (χ1) is 9.01. The van der Waals surface area contributed by atoms with Crippen molar-refractivity contribution in [3.63, 3.8) is 0 Å². The molecule has 2 fully saturated rings. The molecular weight excluding hydrogens is 323 g/mol. The molecular formula is C13H25Cl2F2N3O. The molecule has 2 N–H and O–H groups in total. The van der Waals surface area contributed by atoms with Crippen LogP contribution in [0, 0.1) is 0 Å². The second-order valence-electron chi connectivity index (χ2n) is 5.70. The van der Waals surface area contributed by atoms with Crippen LogP contribution >= 0.6 is 24.8 Å². The molecule has 1 heterocycles. The van der Waals surface area contributed by atoms with E-state index in [0.717, 1.165) is 32.1 Å². The molecule has 1 aliphatic carbocycles. The summed E-state index contributed by atoms with van der Waals surface area (Å²) in [4.78, 5) is 15.9. The lowest BCUT2D eigenvalue weighted by Crippen LogP contribution is -2.60. The molecule has 0 aromatic carbocycles. The predicted octanol–water partition coefficient (Wildman–Crippen LogP) is 1.90. The van der Waals surface area contributed by atoms with Gasteiger partial charge < -0.3 is 10.6 Å². The highest BCUT2D eigenvalue weighted by molar-refractivity contribution is 5.86. The van der Waals surface area contributed by atoms with Crippen molar-refractivity contribution in [2.75, 3.05) is 32.7 Å². The van der Waals surface area contributed by atoms with E-state index in [0.29, 0.717) is 26.2 Å². The summed E-state index contributed by atoms with van der Waals surface area (Å²) in [6.45, 7) is 1.88. The molecule has 21 heavy (non-hydrogen) atoms. The van der Waals surface area contributed by atoms with Gasteiger partial charge in [0.15, 0.2) is 0 Å². The molecule has 8 heteroatoms. The molecule has 0 aromatic rings. The zero-order chi connectivity index (χ0) is 13.9. The van der Waals surface area contributed by atoms with Crippen molar-refractivity contribution in [2.24, 2.45) is 5.73 Å². The van der Waals surface area contributed by atoms with E-state index in [9.17, 15) is 13.6 Å². The highest BCUT2D eigenvalue weighted by Gasteiger charge is 2.39. The summed E-state index contributed by atoms with van der Waals surface area (Å²) in [7, 11) is 0. The second kappa shape index (κ2) is 9.08. The first kappa shape index (κ1) is 20.8. The van der Waals surface area contributed by atoms with Gasteiger partial charge in [-0.25, -0.2) is 8.78 Å². The van der Waals surface area contributed by atoms with Gasteiger partial charge in [-0.3, -0.25) is 9.69 Å². The van der Waals surface area contributed by atoms with Gasteiger partial charge in [0, 0.05) is 26.2 Å². The number of hydrogen-bond donors (Lipinski definition) is 1. The summed E-state index contributed by atoms with van der Waals surface area (Å²) in [5.41, 5.74) is 5.52. The van der Waals surface area contributed by atoms with E-state index in [1.165, 1.54) is 0 Å². The lowest BCUT2D eigenvalue weighted by Gasteiger charge is -2.41. The van der Waals surface area contributed by atoms with Crippen LogP contribution in [0.15, 0.2) is 0 Å². The third-order valence-electron chi connectivity index (χ3n) is 4.23. The third-order valence-corrected chi connectivity index (χ3v) is 4.23. The van der Waals surface area contributed by atoms with Crippen LogP contribution in [0.1, 0.15) is 32.1 Å². The van der Waals surface area contributed by atoms with Crippen LogP contribution < -0.4 is 5.73 Å². The van der Waals surface area contributed by atoms with Gasteiger partial charge in [0.1, 0.15) is 0 Å². The summed E-state index contributed by atoms with van der Waals surface area (Å²) in [6, 6.07) is 0. The van der Waals surface area contributed by atoms with Crippen molar-refractivity contribution < 1.29 is 13.6 Å². The van der Waals surface area contributed by atoms with Crippen molar-refractivity contribution >= 4 is 30.7 Å². The number of amides is 1. The Morgan fingerprint density at radius 1 is 1.05 bits per heavy atom. The van der Waals surface area contributed by atoms with Crippen LogP contribution in [-0.4, -0.2) is 60.4 Å². The molecule has 0 atom stereocenters. The monoisotopic (exact) mass is 347 g/mol. The largest absolute Gasteiger partial charge is 0.339 e. The smallest absolute Gasteiger partial charge is 0.251 e. The fourth-order valence-corrected chi connectivity index (χ4v) is 3.04. The fourth-order valence-electron chi connectivity index (χ4n) is 3.04. The van der Waals surface area contributed by atoms with Gasteiger partial charge in [0.25, 0.3) is 6.43 Å². The van der Waals surface area contributed by atoms with Gasteiger partial charge in [-0.1, -0.05) is 19.3 Å². The summed E-state index contributed by atoms with van der Waals surface area (Å²) in [5, 5.41) is 0. The normalized spacial score (nSPS) is 22.4. The Labute approximate surface area is 137 Å². The van der Waals surface area contributed by atoms with Crippen LogP contribution in [0.3, 0.4) is 0 Å². The average molecular weight is 348 g/mol. The van der Waals surface area contributed by atoms with Gasteiger partial charge in [-0.05, 0) is 12.8 Å². The van der Waals surface area contributed by atoms with E-state index in [4.69, 9.17) is 5.73 Å². The minimum Gasteiger partial charge on any atom is -0.339 e. The third kappa shape index (κ3) is 5.51. The molecule has 1 aliphatic heterocycles. The molecule has 4 nitrogen and oxygen atoms in total. The van der Waals surface area contributed by atoms with Crippen molar-refractivity contribution in [2.45, 2.75) is 44.1 Å². The van der Waals surface area contributed by atoms with Crippen LogP contribution in [-0.2, 0) is 4.79 Å². The number of rotatable bonds is 3. The van der Waals surface area contributed by atoms with Crippen molar-refractivity contribution in [3.8, 4) is 0 Å². The van der Waals surface area contributed by atoms with Crippen LogP contribution in [0.4, 0.5) is 8.78 Å². The Balaban J connectivity index is 0.00000200. The van der Waals surface area contributed by atoms with Crippen molar-refractivity contribution in [1.82, 2.24) is 9.80 Å². The molecule has 1 saturated heterocycles. The number of halogens is 4. The van der Waals surface area contributed by atoms with Gasteiger partial charge in [0.2, 0.25) is 5.91 Å². The number of nitrogens with zero attached hydrogens (tertiary/aromatic N) is 2. The average Bonchev–Trinajstić information content (AvgIpc) is 2.39. The first-order valence-corrected chi connectivity index (χ1v) is 7.10. The summed E-state index contributed by atoms with van der Waals surface area (Å²) in [5.74, 6) is 0.0175. The van der Waals surface area contributed by atoms with Gasteiger partial charge in [-0.2, -0.15) is 0 Å². The Morgan fingerprint density at radius 3 is 2.05 bits per heavy atom. The Kier molecular flexibility index (Phi) is 9.00. The molecule has 0 bridgehead atoms. The zero-order valence-corrected chi connectivity index (χ0v) is 13.7. The van der Waals surface area contributed by atoms with Gasteiger partial charge >= 0.3 is 0 Å². The van der Waals surface area contributed by atoms with E-state index >= 15 is 0 Å². The quantitative estimate of drug-likeness (QED) is 0.848. The SMILES string of the molecule is Cl.Cl.NC1(C(=O)N2CCN(CC(F)F)CC2)CCCCC1. The standard InChI is InChI=1S/C13H23F2N3O.2ClH/c14-11(15)10-17-6-8-18(9-7-17)12(19)13(16)4-2-1-3-5-13;;/h11H,1-10,16H2;2*1H. The number of hydrogen-bond acceptors (Lipinski definition) is 3. The van der Waals surface area contributed by atoms with Crippen molar-refractivity contribution in [1.29, 1.82) is 0 Å². The molecule has 0 unspecified atom stereocenters. The summed E-state index contributed by atoms with van der Waals surface area (Å²) >= 11 is 0. The summed E-state index contributed by atoms with van der Waals surface area (Å²) < 4.78 is 24.6. The molecule has 1 amide bonds. The van der Waals surface area contributed by atoms with E-state index in [1.54, 1.807) is 9.80 Å². The van der Waals surface area contributed by atoms with Crippen molar-refractivity contribution in [3.05, 3.63) is 0 Å².